The number of benzene rings is 1. The van der Waals surface area contributed by atoms with E-state index in [4.69, 9.17) is 9.47 Å². The molecule has 1 aliphatic heterocycles. The summed E-state index contributed by atoms with van der Waals surface area (Å²) in [5, 5.41) is 3.08. The molecule has 1 fully saturated rings. The van der Waals surface area contributed by atoms with Gasteiger partial charge in [-0.25, -0.2) is 0 Å². The zero-order chi connectivity index (χ0) is 18.9. The molecule has 0 aliphatic carbocycles. The van der Waals surface area contributed by atoms with E-state index in [-0.39, 0.29) is 11.3 Å². The summed E-state index contributed by atoms with van der Waals surface area (Å²) >= 11 is 0. The van der Waals surface area contributed by atoms with Crippen LogP contribution in [0.1, 0.15) is 31.2 Å². The van der Waals surface area contributed by atoms with Gasteiger partial charge in [0.15, 0.2) is 0 Å². The summed E-state index contributed by atoms with van der Waals surface area (Å²) in [5.41, 5.74) is 0.910. The molecule has 2 N–H and O–H groups in total. The number of anilines is 1. The Labute approximate surface area is 159 Å². The minimum atomic E-state index is -0.388. The number of methoxy groups -OCH3 is 1. The van der Waals surface area contributed by atoms with Crippen molar-refractivity contribution in [1.29, 1.82) is 0 Å². The maximum Gasteiger partial charge on any atom is 0.316 e. The zero-order valence-electron chi connectivity index (χ0n) is 15.9. The summed E-state index contributed by atoms with van der Waals surface area (Å²) in [6, 6.07) is 8.34. The van der Waals surface area contributed by atoms with Crippen molar-refractivity contribution in [2.24, 2.45) is 0 Å². The molecule has 1 saturated heterocycles. The highest BCUT2D eigenvalue weighted by molar-refractivity contribution is 5.29. The Bertz CT molecular complexity index is 772. The van der Waals surface area contributed by atoms with Gasteiger partial charge in [-0.15, -0.1) is 0 Å². The number of hydrogen-bond acceptors (Lipinski definition) is 6. The van der Waals surface area contributed by atoms with E-state index in [2.05, 4.69) is 38.4 Å². The molecule has 0 spiro atoms. The minimum absolute atomic E-state index is 0.202. The van der Waals surface area contributed by atoms with Gasteiger partial charge in [-0.05, 0) is 50.0 Å². The molecule has 7 nitrogen and oxygen atoms in total. The normalized spacial score (nSPS) is 14.7. The average molecular weight is 372 g/mol. The molecule has 3 rings (SSSR count). The Morgan fingerprint density at radius 1 is 1.26 bits per heavy atom. The van der Waals surface area contributed by atoms with Crippen LogP contribution in [0.5, 0.6) is 11.5 Å². The molecule has 1 aliphatic rings. The summed E-state index contributed by atoms with van der Waals surface area (Å²) in [7, 11) is 1.44. The van der Waals surface area contributed by atoms with Crippen LogP contribution in [0.2, 0.25) is 0 Å². The molecule has 0 atom stereocenters. The van der Waals surface area contributed by atoms with Gasteiger partial charge in [0, 0.05) is 13.1 Å². The van der Waals surface area contributed by atoms with Crippen LogP contribution < -0.4 is 20.3 Å². The summed E-state index contributed by atoms with van der Waals surface area (Å²) in [6.45, 7) is 4.63. The van der Waals surface area contributed by atoms with E-state index in [0.717, 1.165) is 18.7 Å². The van der Waals surface area contributed by atoms with Crippen LogP contribution in [0.15, 0.2) is 35.3 Å². The van der Waals surface area contributed by atoms with Gasteiger partial charge in [-0.2, -0.15) is 4.98 Å². The predicted molar refractivity (Wildman–Crippen MR) is 106 cm³/mol. The molecular formula is C20H28N4O3. The lowest BCUT2D eigenvalue weighted by Crippen LogP contribution is -2.29. The van der Waals surface area contributed by atoms with E-state index in [0.29, 0.717) is 19.1 Å². The van der Waals surface area contributed by atoms with Crippen molar-refractivity contribution in [2.45, 2.75) is 32.2 Å². The smallest absolute Gasteiger partial charge is 0.316 e. The number of nitrogens with one attached hydrogen (secondary N) is 2. The number of H-pyrrole nitrogens is 1. The van der Waals surface area contributed by atoms with E-state index < -0.39 is 0 Å². The van der Waals surface area contributed by atoms with Gasteiger partial charge in [0.1, 0.15) is 5.75 Å². The summed E-state index contributed by atoms with van der Waals surface area (Å²) < 4.78 is 10.8. The summed E-state index contributed by atoms with van der Waals surface area (Å²) in [4.78, 5) is 20.9. The van der Waals surface area contributed by atoms with Crippen molar-refractivity contribution in [1.82, 2.24) is 14.9 Å². The minimum Gasteiger partial charge on any atom is -0.494 e. The van der Waals surface area contributed by atoms with Gasteiger partial charge in [-0.1, -0.05) is 18.6 Å². The van der Waals surface area contributed by atoms with Crippen molar-refractivity contribution in [3.05, 3.63) is 46.4 Å². The van der Waals surface area contributed by atoms with Gasteiger partial charge in [-0.3, -0.25) is 9.69 Å². The topological polar surface area (TPSA) is 79.5 Å². The summed E-state index contributed by atoms with van der Waals surface area (Å²) in [6.07, 6.45) is 6.26. The highest BCUT2D eigenvalue weighted by atomic mass is 16.5. The van der Waals surface area contributed by atoms with Crippen molar-refractivity contribution >= 4 is 5.95 Å². The number of aromatic amines is 1. The standard InChI is InChI=1S/C20H28N4O3/c1-26-18-14-22-20(23-19(18)25)21-9-6-12-27-17-8-5-7-16(13-17)15-24-10-3-2-4-11-24/h5,7-8,13-14H,2-4,6,9-12,15H2,1H3,(H2,21,22,23,25). The second-order valence-electron chi connectivity index (χ2n) is 6.74. The van der Waals surface area contributed by atoms with Crippen molar-refractivity contribution in [2.75, 3.05) is 38.7 Å². The monoisotopic (exact) mass is 372 g/mol. The number of piperidine rings is 1. The third kappa shape index (κ3) is 5.99. The number of rotatable bonds is 9. The van der Waals surface area contributed by atoms with Crippen LogP contribution in [0.4, 0.5) is 5.95 Å². The third-order valence-corrected chi connectivity index (χ3v) is 4.62. The fraction of sp³-hybridized carbons (Fsp3) is 0.500. The average Bonchev–Trinajstić information content (AvgIpc) is 2.69. The second-order valence-corrected chi connectivity index (χ2v) is 6.74. The van der Waals surface area contributed by atoms with Crippen LogP contribution in [0.25, 0.3) is 0 Å². The third-order valence-electron chi connectivity index (χ3n) is 4.62. The van der Waals surface area contributed by atoms with E-state index in [1.807, 2.05) is 6.07 Å². The Hall–Kier alpha value is -2.54. The van der Waals surface area contributed by atoms with Crippen molar-refractivity contribution in [3.8, 4) is 11.5 Å². The van der Waals surface area contributed by atoms with Crippen molar-refractivity contribution in [3.63, 3.8) is 0 Å². The quantitative estimate of drug-likeness (QED) is 0.659. The number of likely N-dealkylation sites (tertiary alicyclic amines) is 1. The second kappa shape index (κ2) is 9.97. The van der Waals surface area contributed by atoms with E-state index in [1.165, 1.54) is 51.2 Å². The van der Waals surface area contributed by atoms with E-state index >= 15 is 0 Å². The molecular weight excluding hydrogens is 344 g/mol. The van der Waals surface area contributed by atoms with E-state index in [1.54, 1.807) is 0 Å². The van der Waals surface area contributed by atoms with Crippen LogP contribution >= 0.6 is 0 Å². The first-order chi connectivity index (χ1) is 13.2. The fourth-order valence-corrected chi connectivity index (χ4v) is 3.20. The molecule has 0 bridgehead atoms. The highest BCUT2D eigenvalue weighted by Crippen LogP contribution is 2.17. The molecule has 1 aromatic carbocycles. The number of hydrogen-bond donors (Lipinski definition) is 2. The Balaban J connectivity index is 1.39. The Morgan fingerprint density at radius 2 is 2.11 bits per heavy atom. The fourth-order valence-electron chi connectivity index (χ4n) is 3.20. The first-order valence-electron chi connectivity index (χ1n) is 9.56. The maximum absolute atomic E-state index is 11.6. The predicted octanol–water partition coefficient (Wildman–Crippen LogP) is 2.65. The number of aromatic nitrogens is 2. The lowest BCUT2D eigenvalue weighted by atomic mass is 10.1. The highest BCUT2D eigenvalue weighted by Gasteiger charge is 2.10. The molecule has 0 unspecified atom stereocenters. The molecule has 27 heavy (non-hydrogen) atoms. The van der Waals surface area contributed by atoms with Gasteiger partial charge < -0.3 is 19.8 Å². The first kappa shape index (κ1) is 19.2. The largest absolute Gasteiger partial charge is 0.494 e. The summed E-state index contributed by atoms with van der Waals surface area (Å²) in [5.74, 6) is 1.54. The molecule has 0 radical (unpaired) electrons. The molecule has 1 aromatic heterocycles. The van der Waals surface area contributed by atoms with Gasteiger partial charge in [0.25, 0.3) is 0 Å². The number of ether oxygens (including phenoxy) is 2. The lowest BCUT2D eigenvalue weighted by molar-refractivity contribution is 0.220. The van der Waals surface area contributed by atoms with Crippen LogP contribution in [0.3, 0.4) is 0 Å². The molecule has 0 saturated carbocycles. The zero-order valence-corrected chi connectivity index (χ0v) is 15.9. The van der Waals surface area contributed by atoms with Crippen molar-refractivity contribution < 1.29 is 9.47 Å². The van der Waals surface area contributed by atoms with Gasteiger partial charge in [0.05, 0.1) is 19.9 Å². The molecule has 0 amide bonds. The molecule has 2 heterocycles. The van der Waals surface area contributed by atoms with Crippen LogP contribution in [-0.2, 0) is 6.54 Å². The molecule has 7 heteroatoms. The molecule has 2 aromatic rings. The van der Waals surface area contributed by atoms with Gasteiger partial charge >= 0.3 is 5.56 Å². The Kier molecular flexibility index (Phi) is 7.10. The Morgan fingerprint density at radius 3 is 2.89 bits per heavy atom. The maximum atomic E-state index is 11.6. The SMILES string of the molecule is COc1c[nH]c(NCCCOc2cccc(CN3CCCCC3)c2)nc1=O. The first-order valence-corrected chi connectivity index (χ1v) is 9.56. The van der Waals surface area contributed by atoms with Gasteiger partial charge in [0.2, 0.25) is 11.7 Å². The van der Waals surface area contributed by atoms with Crippen LogP contribution in [0, 0.1) is 0 Å². The molecule has 146 valence electrons. The number of nitrogens with zero attached hydrogens (tertiary/aromatic N) is 2. The van der Waals surface area contributed by atoms with E-state index in [9.17, 15) is 4.79 Å². The lowest BCUT2D eigenvalue weighted by Gasteiger charge is -2.26. The van der Waals surface area contributed by atoms with Crippen LogP contribution in [-0.4, -0.2) is 48.2 Å².